The summed E-state index contributed by atoms with van der Waals surface area (Å²) in [5.74, 6) is 0.0402. The van der Waals surface area contributed by atoms with Crippen LogP contribution in [0.15, 0.2) is 40.9 Å². The van der Waals surface area contributed by atoms with E-state index in [1.807, 2.05) is 6.07 Å². The number of nitriles is 1. The van der Waals surface area contributed by atoms with Crippen molar-refractivity contribution < 1.29 is 14.2 Å². The molecule has 0 radical (unpaired) electrons. The summed E-state index contributed by atoms with van der Waals surface area (Å²) in [6.45, 7) is -0.188. The second kappa shape index (κ2) is 6.51. The van der Waals surface area contributed by atoms with Gasteiger partial charge in [0.1, 0.15) is 18.2 Å². The van der Waals surface area contributed by atoms with Gasteiger partial charge in [0.2, 0.25) is 0 Å². The lowest BCUT2D eigenvalue weighted by Gasteiger charge is -2.12. The summed E-state index contributed by atoms with van der Waals surface area (Å²) in [6, 6.07) is 11.3. The Morgan fingerprint density at radius 2 is 2.05 bits per heavy atom. The maximum absolute atomic E-state index is 13.6. The molecular weight excluding hydrogens is 325 g/mol. The van der Waals surface area contributed by atoms with Gasteiger partial charge in [-0.15, -0.1) is 0 Å². The third-order valence-electron chi connectivity index (χ3n) is 2.77. The zero-order chi connectivity index (χ0) is 14.5. The molecule has 0 heterocycles. The first kappa shape index (κ1) is 14.5. The number of para-hydroxylation sites is 1. The lowest BCUT2D eigenvalue weighted by atomic mass is 10.1. The first-order chi connectivity index (χ1) is 9.65. The fourth-order valence-electron chi connectivity index (χ4n) is 1.74. The van der Waals surface area contributed by atoms with Crippen LogP contribution >= 0.6 is 15.9 Å². The quantitative estimate of drug-likeness (QED) is 0.929. The fraction of sp³-hybridized carbons (Fsp3) is 0.133. The summed E-state index contributed by atoms with van der Waals surface area (Å²) in [7, 11) is 0. The predicted molar refractivity (Wildman–Crippen MR) is 75.5 cm³/mol. The molecule has 20 heavy (non-hydrogen) atoms. The number of halogens is 2. The molecule has 2 rings (SSSR count). The molecule has 0 amide bonds. The molecule has 0 aliphatic rings. The number of aliphatic hydroxyl groups excluding tert-OH is 1. The van der Waals surface area contributed by atoms with Crippen LogP contribution < -0.4 is 4.74 Å². The highest BCUT2D eigenvalue weighted by Gasteiger charge is 2.10. The number of hydrogen-bond donors (Lipinski definition) is 1. The maximum atomic E-state index is 13.6. The molecule has 102 valence electrons. The Morgan fingerprint density at radius 3 is 2.75 bits per heavy atom. The van der Waals surface area contributed by atoms with Gasteiger partial charge >= 0.3 is 0 Å². The molecule has 0 aliphatic heterocycles. The van der Waals surface area contributed by atoms with Crippen LogP contribution in [0.4, 0.5) is 4.39 Å². The van der Waals surface area contributed by atoms with Gasteiger partial charge in [0.05, 0.1) is 22.7 Å². The molecule has 0 saturated heterocycles. The number of hydrogen-bond acceptors (Lipinski definition) is 3. The zero-order valence-corrected chi connectivity index (χ0v) is 12.0. The molecule has 2 aromatic rings. The topological polar surface area (TPSA) is 53.2 Å². The van der Waals surface area contributed by atoms with E-state index in [0.29, 0.717) is 26.9 Å². The van der Waals surface area contributed by atoms with Crippen molar-refractivity contribution in [2.75, 3.05) is 0 Å². The molecule has 0 saturated carbocycles. The smallest absolute Gasteiger partial charge is 0.139 e. The van der Waals surface area contributed by atoms with Crippen molar-refractivity contribution in [2.45, 2.75) is 13.2 Å². The molecule has 3 nitrogen and oxygen atoms in total. The van der Waals surface area contributed by atoms with Crippen molar-refractivity contribution in [1.82, 2.24) is 0 Å². The lowest BCUT2D eigenvalue weighted by molar-refractivity contribution is 0.256. The molecule has 0 unspecified atom stereocenters. The normalized spacial score (nSPS) is 10.1. The number of rotatable bonds is 4. The summed E-state index contributed by atoms with van der Waals surface area (Å²) in [6.07, 6.45) is 0. The zero-order valence-electron chi connectivity index (χ0n) is 10.4. The number of ether oxygens (including phenoxy) is 1. The molecule has 2 aromatic carbocycles. The molecule has 1 N–H and O–H groups in total. The van der Waals surface area contributed by atoms with Crippen LogP contribution in [0.1, 0.15) is 16.7 Å². The van der Waals surface area contributed by atoms with Gasteiger partial charge in [0.15, 0.2) is 0 Å². The summed E-state index contributed by atoms with van der Waals surface area (Å²) in [5.41, 5.74) is 1.28. The molecule has 0 aromatic heterocycles. The summed E-state index contributed by atoms with van der Waals surface area (Å²) in [5, 5.41) is 18.1. The van der Waals surface area contributed by atoms with Crippen molar-refractivity contribution in [2.24, 2.45) is 0 Å². The minimum atomic E-state index is -0.429. The highest BCUT2D eigenvalue weighted by molar-refractivity contribution is 9.10. The lowest BCUT2D eigenvalue weighted by Crippen LogP contribution is -2.02. The Kier molecular flexibility index (Phi) is 4.72. The van der Waals surface area contributed by atoms with Gasteiger partial charge in [-0.05, 0) is 40.2 Å². The Labute approximate surface area is 124 Å². The van der Waals surface area contributed by atoms with Gasteiger partial charge in [0.25, 0.3) is 0 Å². The van der Waals surface area contributed by atoms with E-state index in [0.717, 1.165) is 0 Å². The second-order valence-electron chi connectivity index (χ2n) is 4.09. The number of nitrogens with zero attached hydrogens (tertiary/aromatic N) is 1. The minimum absolute atomic E-state index is 0.0169. The first-order valence-corrected chi connectivity index (χ1v) is 6.64. The van der Waals surface area contributed by atoms with E-state index < -0.39 is 5.82 Å². The van der Waals surface area contributed by atoms with Gasteiger partial charge in [0, 0.05) is 11.1 Å². The average molecular weight is 336 g/mol. The van der Waals surface area contributed by atoms with Gasteiger partial charge in [-0.2, -0.15) is 5.26 Å². The number of aliphatic hydroxyl groups is 1. The van der Waals surface area contributed by atoms with E-state index in [-0.39, 0.29) is 13.2 Å². The monoisotopic (exact) mass is 335 g/mol. The minimum Gasteiger partial charge on any atom is -0.487 e. The third kappa shape index (κ3) is 3.16. The molecule has 0 atom stereocenters. The molecule has 0 bridgehead atoms. The van der Waals surface area contributed by atoms with Crippen molar-refractivity contribution in [3.05, 3.63) is 63.4 Å². The maximum Gasteiger partial charge on any atom is 0.139 e. The summed E-state index contributed by atoms with van der Waals surface area (Å²) in [4.78, 5) is 0. The van der Waals surface area contributed by atoms with E-state index >= 15 is 0 Å². The van der Waals surface area contributed by atoms with Gasteiger partial charge in [-0.3, -0.25) is 0 Å². The Bertz CT molecular complexity index is 667. The van der Waals surface area contributed by atoms with Gasteiger partial charge in [-0.1, -0.05) is 12.1 Å². The van der Waals surface area contributed by atoms with Crippen LogP contribution in [0.3, 0.4) is 0 Å². The van der Waals surface area contributed by atoms with E-state index in [1.165, 1.54) is 18.2 Å². The van der Waals surface area contributed by atoms with Crippen molar-refractivity contribution in [3.63, 3.8) is 0 Å². The van der Waals surface area contributed by atoms with E-state index in [2.05, 4.69) is 15.9 Å². The van der Waals surface area contributed by atoms with Gasteiger partial charge < -0.3 is 9.84 Å². The summed E-state index contributed by atoms with van der Waals surface area (Å²) >= 11 is 3.33. The van der Waals surface area contributed by atoms with Crippen molar-refractivity contribution in [3.8, 4) is 11.8 Å². The fourth-order valence-corrected chi connectivity index (χ4v) is 2.27. The van der Waals surface area contributed by atoms with Crippen LogP contribution in [-0.4, -0.2) is 5.11 Å². The Morgan fingerprint density at radius 1 is 1.25 bits per heavy atom. The molecule has 5 heteroatoms. The van der Waals surface area contributed by atoms with E-state index in [4.69, 9.17) is 10.00 Å². The van der Waals surface area contributed by atoms with Gasteiger partial charge in [-0.25, -0.2) is 4.39 Å². The molecule has 0 aliphatic carbocycles. The standard InChI is InChI=1S/C15H11BrFNO2/c16-13-3-1-2-11(8-19)15(13)20-9-12-6-10(7-18)4-5-14(12)17/h1-6,19H,8-9H2. The molecule has 0 spiro atoms. The van der Waals surface area contributed by atoms with Crippen LogP contribution in [-0.2, 0) is 13.2 Å². The largest absolute Gasteiger partial charge is 0.487 e. The SMILES string of the molecule is N#Cc1ccc(F)c(COc2c(Br)cccc2CO)c1. The van der Waals surface area contributed by atoms with Crippen LogP contribution in [0.5, 0.6) is 5.75 Å². The van der Waals surface area contributed by atoms with E-state index in [1.54, 1.807) is 18.2 Å². The third-order valence-corrected chi connectivity index (χ3v) is 3.39. The van der Waals surface area contributed by atoms with E-state index in [9.17, 15) is 9.50 Å². The Balaban J connectivity index is 2.23. The summed E-state index contributed by atoms with van der Waals surface area (Å²) < 4.78 is 19.9. The highest BCUT2D eigenvalue weighted by atomic mass is 79.9. The average Bonchev–Trinajstić information content (AvgIpc) is 2.47. The van der Waals surface area contributed by atoms with Crippen molar-refractivity contribution >= 4 is 15.9 Å². The molecule has 0 fully saturated rings. The first-order valence-electron chi connectivity index (χ1n) is 5.85. The van der Waals surface area contributed by atoms with Crippen LogP contribution in [0.2, 0.25) is 0 Å². The van der Waals surface area contributed by atoms with Crippen LogP contribution in [0, 0.1) is 17.1 Å². The van der Waals surface area contributed by atoms with Crippen molar-refractivity contribution in [1.29, 1.82) is 5.26 Å². The van der Waals surface area contributed by atoms with Crippen LogP contribution in [0.25, 0.3) is 0 Å². The number of benzene rings is 2. The second-order valence-corrected chi connectivity index (χ2v) is 4.95. The Hall–Kier alpha value is -1.90. The highest BCUT2D eigenvalue weighted by Crippen LogP contribution is 2.30. The predicted octanol–water partition coefficient (Wildman–Crippen LogP) is 3.53. The molecular formula is C15H11BrFNO2.